The van der Waals surface area contributed by atoms with Crippen LogP contribution < -0.4 is 10.6 Å². The maximum absolute atomic E-state index is 12.4. The molecule has 2 N–H and O–H groups in total. The first kappa shape index (κ1) is 19.4. The van der Waals surface area contributed by atoms with E-state index in [1.165, 1.54) is 4.90 Å². The highest BCUT2D eigenvalue weighted by Crippen LogP contribution is 2.30. The van der Waals surface area contributed by atoms with E-state index in [1.807, 2.05) is 44.2 Å². The summed E-state index contributed by atoms with van der Waals surface area (Å²) in [6, 6.07) is 13.0. The number of hydrogen-bond donors (Lipinski definition) is 2. The molecule has 0 radical (unpaired) electrons. The van der Waals surface area contributed by atoms with Gasteiger partial charge in [-0.2, -0.15) is 0 Å². The molecule has 0 saturated heterocycles. The maximum Gasteiger partial charge on any atom is 0.258 e. The Morgan fingerprint density at radius 1 is 0.964 bits per heavy atom. The van der Waals surface area contributed by atoms with Crippen LogP contribution in [0.2, 0.25) is 0 Å². The van der Waals surface area contributed by atoms with Gasteiger partial charge < -0.3 is 15.5 Å². The van der Waals surface area contributed by atoms with Crippen molar-refractivity contribution < 1.29 is 14.4 Å². The zero-order valence-electron chi connectivity index (χ0n) is 16.0. The first-order chi connectivity index (χ1) is 13.4. The number of benzene rings is 2. The SMILES string of the molecule is C=C1c2ccccc2C(=O)N1CCC(=O)NCC(=O)Nc1c(C)cccc1C. The number of carbonyl (C=O) groups is 3. The monoisotopic (exact) mass is 377 g/mol. The van der Waals surface area contributed by atoms with Gasteiger partial charge in [0, 0.05) is 35.5 Å². The fraction of sp³-hybridized carbons (Fsp3) is 0.227. The van der Waals surface area contributed by atoms with Gasteiger partial charge in [-0.15, -0.1) is 0 Å². The van der Waals surface area contributed by atoms with Crippen molar-refractivity contribution in [3.05, 3.63) is 71.3 Å². The molecule has 0 saturated carbocycles. The molecular weight excluding hydrogens is 354 g/mol. The number of nitrogens with zero attached hydrogens (tertiary/aromatic N) is 1. The van der Waals surface area contributed by atoms with Crippen LogP contribution in [0.3, 0.4) is 0 Å². The van der Waals surface area contributed by atoms with Gasteiger partial charge in [0.1, 0.15) is 0 Å². The second kappa shape index (κ2) is 8.08. The third-order valence-electron chi connectivity index (χ3n) is 4.79. The quantitative estimate of drug-likeness (QED) is 0.813. The van der Waals surface area contributed by atoms with Crippen LogP contribution in [-0.4, -0.2) is 35.7 Å². The van der Waals surface area contributed by atoms with Crippen LogP contribution in [0, 0.1) is 13.8 Å². The van der Waals surface area contributed by atoms with Crippen molar-refractivity contribution in [2.45, 2.75) is 20.3 Å². The molecule has 0 aliphatic carbocycles. The number of para-hydroxylation sites is 1. The molecule has 1 aliphatic heterocycles. The zero-order valence-corrected chi connectivity index (χ0v) is 16.0. The highest BCUT2D eigenvalue weighted by atomic mass is 16.2. The zero-order chi connectivity index (χ0) is 20.3. The second-order valence-electron chi connectivity index (χ2n) is 6.79. The van der Waals surface area contributed by atoms with Gasteiger partial charge in [0.25, 0.3) is 5.91 Å². The number of amides is 3. The Morgan fingerprint density at radius 3 is 2.25 bits per heavy atom. The fourth-order valence-corrected chi connectivity index (χ4v) is 3.25. The van der Waals surface area contributed by atoms with E-state index in [0.29, 0.717) is 11.3 Å². The Morgan fingerprint density at radius 2 is 1.61 bits per heavy atom. The van der Waals surface area contributed by atoms with Gasteiger partial charge in [-0.05, 0) is 31.0 Å². The number of anilines is 1. The minimum Gasteiger partial charge on any atom is -0.347 e. The van der Waals surface area contributed by atoms with Crippen molar-refractivity contribution in [2.75, 3.05) is 18.4 Å². The Labute approximate surface area is 164 Å². The van der Waals surface area contributed by atoms with Gasteiger partial charge in [-0.1, -0.05) is 43.0 Å². The Bertz CT molecular complexity index is 910. The van der Waals surface area contributed by atoms with Crippen LogP contribution in [-0.2, 0) is 9.59 Å². The van der Waals surface area contributed by atoms with E-state index in [0.717, 1.165) is 22.4 Å². The van der Waals surface area contributed by atoms with Gasteiger partial charge in [0.05, 0.1) is 6.54 Å². The van der Waals surface area contributed by atoms with Crippen LogP contribution in [0.25, 0.3) is 5.70 Å². The first-order valence-electron chi connectivity index (χ1n) is 9.11. The minimum absolute atomic E-state index is 0.0927. The Kier molecular flexibility index (Phi) is 5.59. The van der Waals surface area contributed by atoms with E-state index in [9.17, 15) is 14.4 Å². The number of carbonyl (C=O) groups excluding carboxylic acids is 3. The van der Waals surface area contributed by atoms with Crippen molar-refractivity contribution in [3.8, 4) is 0 Å². The number of fused-ring (bicyclic) bond motifs is 1. The second-order valence-corrected chi connectivity index (χ2v) is 6.79. The minimum atomic E-state index is -0.298. The molecule has 0 bridgehead atoms. The van der Waals surface area contributed by atoms with Crippen LogP contribution in [0.5, 0.6) is 0 Å². The molecule has 0 aromatic heterocycles. The molecular formula is C22H23N3O3. The van der Waals surface area contributed by atoms with E-state index >= 15 is 0 Å². The molecule has 28 heavy (non-hydrogen) atoms. The summed E-state index contributed by atoms with van der Waals surface area (Å²) in [5, 5.41) is 5.42. The fourth-order valence-electron chi connectivity index (χ4n) is 3.25. The lowest BCUT2D eigenvalue weighted by Gasteiger charge is -2.17. The Hall–Kier alpha value is -3.41. The van der Waals surface area contributed by atoms with E-state index in [1.54, 1.807) is 12.1 Å². The summed E-state index contributed by atoms with van der Waals surface area (Å²) in [4.78, 5) is 38.2. The maximum atomic E-state index is 12.4. The van der Waals surface area contributed by atoms with Gasteiger partial charge >= 0.3 is 0 Å². The number of aryl methyl sites for hydroxylation is 2. The summed E-state index contributed by atoms with van der Waals surface area (Å²) in [7, 11) is 0. The summed E-state index contributed by atoms with van der Waals surface area (Å²) in [6.07, 6.45) is 0.0927. The average Bonchev–Trinajstić information content (AvgIpc) is 2.92. The average molecular weight is 377 g/mol. The van der Waals surface area contributed by atoms with Gasteiger partial charge in [-0.3, -0.25) is 14.4 Å². The van der Waals surface area contributed by atoms with E-state index < -0.39 is 0 Å². The van der Waals surface area contributed by atoms with Crippen molar-refractivity contribution >= 4 is 29.1 Å². The predicted octanol–water partition coefficient (Wildman–Crippen LogP) is 2.87. The molecule has 1 heterocycles. The highest BCUT2D eigenvalue weighted by molar-refractivity contribution is 6.09. The van der Waals surface area contributed by atoms with Crippen LogP contribution in [0.4, 0.5) is 5.69 Å². The molecule has 6 nitrogen and oxygen atoms in total. The lowest BCUT2D eigenvalue weighted by atomic mass is 10.1. The van der Waals surface area contributed by atoms with E-state index in [2.05, 4.69) is 17.2 Å². The number of nitrogens with one attached hydrogen (secondary N) is 2. The molecule has 0 spiro atoms. The van der Waals surface area contributed by atoms with Crippen molar-refractivity contribution in [2.24, 2.45) is 0 Å². The topological polar surface area (TPSA) is 78.5 Å². The third-order valence-corrected chi connectivity index (χ3v) is 4.79. The van der Waals surface area contributed by atoms with Crippen LogP contribution in [0.15, 0.2) is 49.0 Å². The van der Waals surface area contributed by atoms with Gasteiger partial charge in [-0.25, -0.2) is 0 Å². The summed E-state index contributed by atoms with van der Waals surface area (Å²) < 4.78 is 0. The Balaban J connectivity index is 1.48. The molecule has 0 atom stereocenters. The van der Waals surface area contributed by atoms with Gasteiger partial charge in [0.15, 0.2) is 0 Å². The predicted molar refractivity (Wildman–Crippen MR) is 109 cm³/mol. The highest BCUT2D eigenvalue weighted by Gasteiger charge is 2.30. The normalized spacial score (nSPS) is 12.7. The molecule has 144 valence electrons. The lowest BCUT2D eigenvalue weighted by Crippen LogP contribution is -2.35. The van der Waals surface area contributed by atoms with Crippen molar-refractivity contribution in [1.29, 1.82) is 0 Å². The standard InChI is InChI=1S/C22H23N3O3/c1-14-7-6-8-15(2)21(14)24-20(27)13-23-19(26)11-12-25-16(3)17-9-4-5-10-18(17)22(25)28/h4-10H,3,11-13H2,1-2H3,(H,23,26)(H,24,27). The molecule has 3 amide bonds. The molecule has 2 aromatic carbocycles. The van der Waals surface area contributed by atoms with E-state index in [4.69, 9.17) is 0 Å². The summed E-state index contributed by atoms with van der Waals surface area (Å²) in [6.45, 7) is 7.88. The summed E-state index contributed by atoms with van der Waals surface area (Å²) in [5.41, 5.74) is 4.68. The molecule has 0 fully saturated rings. The number of hydrogen-bond acceptors (Lipinski definition) is 3. The summed E-state index contributed by atoms with van der Waals surface area (Å²) >= 11 is 0. The molecule has 2 aromatic rings. The van der Waals surface area contributed by atoms with Crippen molar-refractivity contribution in [1.82, 2.24) is 10.2 Å². The van der Waals surface area contributed by atoms with E-state index in [-0.39, 0.29) is 37.2 Å². The van der Waals surface area contributed by atoms with Crippen molar-refractivity contribution in [3.63, 3.8) is 0 Å². The molecule has 6 heteroatoms. The summed E-state index contributed by atoms with van der Waals surface area (Å²) in [5.74, 6) is -0.741. The largest absolute Gasteiger partial charge is 0.347 e. The smallest absolute Gasteiger partial charge is 0.258 e. The molecule has 0 unspecified atom stereocenters. The lowest BCUT2D eigenvalue weighted by molar-refractivity contribution is -0.124. The van der Waals surface area contributed by atoms with Crippen LogP contribution in [0.1, 0.15) is 33.5 Å². The number of rotatable bonds is 6. The molecule has 3 rings (SSSR count). The molecule has 1 aliphatic rings. The van der Waals surface area contributed by atoms with Crippen LogP contribution >= 0.6 is 0 Å². The first-order valence-corrected chi connectivity index (χ1v) is 9.11. The third kappa shape index (κ3) is 3.96. The van der Waals surface area contributed by atoms with Gasteiger partial charge in [0.2, 0.25) is 11.8 Å².